The van der Waals surface area contributed by atoms with E-state index in [1.54, 1.807) is 24.3 Å². The van der Waals surface area contributed by atoms with Gasteiger partial charge in [0.1, 0.15) is 11.6 Å². The van der Waals surface area contributed by atoms with Gasteiger partial charge in [-0.25, -0.2) is 19.9 Å². The second kappa shape index (κ2) is 5.91. The Morgan fingerprint density at radius 1 is 1.26 bits per heavy atom. The van der Waals surface area contributed by atoms with Gasteiger partial charge < -0.3 is 10.4 Å². The fourth-order valence-electron chi connectivity index (χ4n) is 2.20. The zero-order valence-electron chi connectivity index (χ0n) is 12.7. The molecule has 0 saturated heterocycles. The zero-order chi connectivity index (χ0) is 16.4. The number of rotatable bonds is 4. The van der Waals surface area contributed by atoms with Gasteiger partial charge in [0, 0.05) is 11.8 Å². The lowest BCUT2D eigenvalue weighted by molar-refractivity contribution is 0.477. The Morgan fingerprint density at radius 3 is 2.74 bits per heavy atom. The van der Waals surface area contributed by atoms with E-state index in [2.05, 4.69) is 30.5 Å². The molecule has 0 bridgehead atoms. The van der Waals surface area contributed by atoms with Gasteiger partial charge in [0.15, 0.2) is 11.6 Å². The average molecular weight is 312 g/mol. The molecular weight excluding hydrogens is 296 g/mol. The molecule has 0 amide bonds. The first kappa shape index (κ1) is 14.8. The van der Waals surface area contributed by atoms with Crippen LogP contribution in [0.3, 0.4) is 0 Å². The maximum Gasteiger partial charge on any atom is 0.340 e. The molecule has 0 saturated carbocycles. The Morgan fingerprint density at radius 2 is 2.04 bits per heavy atom. The standard InChI is InChI=1S/C15H16N6O2/c1-8-7-12(17-9(2)13-19-15(23)21-20-13)18-14(16-8)10-5-3-4-6-11(10)22/h3-7,9,22H,1-2H3,(H,16,17,18)(H2,19,20,21,23)/t9-/m0/s1. The number of aromatic amines is 2. The largest absolute Gasteiger partial charge is 0.507 e. The van der Waals surface area contributed by atoms with Crippen molar-refractivity contribution in [3.8, 4) is 17.1 Å². The fourth-order valence-corrected chi connectivity index (χ4v) is 2.20. The monoisotopic (exact) mass is 312 g/mol. The lowest BCUT2D eigenvalue weighted by Gasteiger charge is -2.13. The fraction of sp³-hybridized carbons (Fsp3) is 0.200. The number of nitrogens with zero attached hydrogens (tertiary/aromatic N) is 3. The summed E-state index contributed by atoms with van der Waals surface area (Å²) < 4.78 is 0. The van der Waals surface area contributed by atoms with Crippen LogP contribution in [0, 0.1) is 6.92 Å². The molecule has 4 N–H and O–H groups in total. The van der Waals surface area contributed by atoms with Gasteiger partial charge in [-0.3, -0.25) is 4.98 Å². The van der Waals surface area contributed by atoms with Crippen molar-refractivity contribution in [1.82, 2.24) is 25.1 Å². The minimum absolute atomic E-state index is 0.119. The van der Waals surface area contributed by atoms with Crippen molar-refractivity contribution in [2.24, 2.45) is 0 Å². The van der Waals surface area contributed by atoms with Crippen molar-refractivity contribution in [3.63, 3.8) is 0 Å². The van der Waals surface area contributed by atoms with Crippen molar-refractivity contribution in [3.05, 3.63) is 52.3 Å². The van der Waals surface area contributed by atoms with Gasteiger partial charge in [-0.1, -0.05) is 12.1 Å². The van der Waals surface area contributed by atoms with E-state index in [1.165, 1.54) is 0 Å². The van der Waals surface area contributed by atoms with Crippen molar-refractivity contribution in [1.29, 1.82) is 0 Å². The summed E-state index contributed by atoms with van der Waals surface area (Å²) >= 11 is 0. The van der Waals surface area contributed by atoms with Crippen LogP contribution >= 0.6 is 0 Å². The molecule has 3 rings (SSSR count). The first-order chi connectivity index (χ1) is 11.0. The summed E-state index contributed by atoms with van der Waals surface area (Å²) in [5.41, 5.74) is 0.950. The summed E-state index contributed by atoms with van der Waals surface area (Å²) in [5, 5.41) is 19.3. The van der Waals surface area contributed by atoms with Crippen LogP contribution in [0.2, 0.25) is 0 Å². The molecule has 0 radical (unpaired) electrons. The molecule has 0 fully saturated rings. The maximum atomic E-state index is 11.1. The predicted octanol–water partition coefficient (Wildman–Crippen LogP) is 1.74. The number of phenols is 1. The molecule has 23 heavy (non-hydrogen) atoms. The zero-order valence-corrected chi connectivity index (χ0v) is 12.7. The van der Waals surface area contributed by atoms with Crippen LogP contribution in [0.4, 0.5) is 5.82 Å². The van der Waals surface area contributed by atoms with Gasteiger partial charge in [0.25, 0.3) is 0 Å². The lowest BCUT2D eigenvalue weighted by atomic mass is 10.2. The molecule has 1 aromatic carbocycles. The second-order valence-corrected chi connectivity index (χ2v) is 5.16. The molecule has 3 aromatic rings. The number of anilines is 1. The van der Waals surface area contributed by atoms with E-state index in [0.29, 0.717) is 23.0 Å². The molecule has 1 atom stereocenters. The van der Waals surface area contributed by atoms with Crippen LogP contribution in [0.1, 0.15) is 24.5 Å². The van der Waals surface area contributed by atoms with E-state index in [9.17, 15) is 9.90 Å². The summed E-state index contributed by atoms with van der Waals surface area (Å²) in [6, 6.07) is 8.42. The number of phenolic OH excluding ortho intramolecular Hbond substituents is 1. The summed E-state index contributed by atoms with van der Waals surface area (Å²) in [5.74, 6) is 1.60. The number of aryl methyl sites for hydroxylation is 1. The molecule has 0 aliphatic rings. The summed E-state index contributed by atoms with van der Waals surface area (Å²) in [4.78, 5) is 22.5. The van der Waals surface area contributed by atoms with E-state index in [1.807, 2.05) is 19.9 Å². The van der Waals surface area contributed by atoms with Gasteiger partial charge in [0.2, 0.25) is 0 Å². The van der Waals surface area contributed by atoms with Crippen molar-refractivity contribution in [2.75, 3.05) is 5.32 Å². The molecule has 8 nitrogen and oxygen atoms in total. The number of aromatic nitrogens is 5. The highest BCUT2D eigenvalue weighted by atomic mass is 16.3. The predicted molar refractivity (Wildman–Crippen MR) is 85.1 cm³/mol. The molecular formula is C15H16N6O2. The lowest BCUT2D eigenvalue weighted by Crippen LogP contribution is -2.12. The van der Waals surface area contributed by atoms with Gasteiger partial charge in [-0.15, -0.1) is 0 Å². The average Bonchev–Trinajstić information content (AvgIpc) is 2.94. The molecule has 118 valence electrons. The van der Waals surface area contributed by atoms with Crippen LogP contribution in [-0.4, -0.2) is 30.3 Å². The Balaban J connectivity index is 1.92. The van der Waals surface area contributed by atoms with Crippen molar-refractivity contribution < 1.29 is 5.11 Å². The van der Waals surface area contributed by atoms with Crippen LogP contribution in [0.15, 0.2) is 35.1 Å². The molecule has 0 aliphatic carbocycles. The highest BCUT2D eigenvalue weighted by molar-refractivity contribution is 5.64. The molecule has 8 heteroatoms. The topological polar surface area (TPSA) is 120 Å². The minimum Gasteiger partial charge on any atom is -0.507 e. The van der Waals surface area contributed by atoms with Crippen LogP contribution < -0.4 is 11.0 Å². The van der Waals surface area contributed by atoms with E-state index < -0.39 is 0 Å². The Labute approximate surface area is 131 Å². The first-order valence-electron chi connectivity index (χ1n) is 7.08. The molecule has 0 spiro atoms. The number of hydrogen-bond acceptors (Lipinski definition) is 6. The Kier molecular flexibility index (Phi) is 3.80. The van der Waals surface area contributed by atoms with Crippen molar-refractivity contribution >= 4 is 5.82 Å². The first-order valence-corrected chi connectivity index (χ1v) is 7.08. The Bertz CT molecular complexity index is 885. The third kappa shape index (κ3) is 3.20. The van der Waals surface area contributed by atoms with Gasteiger partial charge in [-0.2, -0.15) is 5.10 Å². The number of H-pyrrole nitrogens is 2. The maximum absolute atomic E-state index is 11.1. The third-order valence-electron chi connectivity index (χ3n) is 3.29. The van der Waals surface area contributed by atoms with Gasteiger partial charge in [-0.05, 0) is 26.0 Å². The highest BCUT2D eigenvalue weighted by Gasteiger charge is 2.13. The van der Waals surface area contributed by atoms with Crippen LogP contribution in [0.25, 0.3) is 11.4 Å². The summed E-state index contributed by atoms with van der Waals surface area (Å²) in [6.45, 7) is 3.70. The quantitative estimate of drug-likeness (QED) is 0.582. The third-order valence-corrected chi connectivity index (χ3v) is 3.29. The number of nitrogens with one attached hydrogen (secondary N) is 3. The molecule has 0 unspecified atom stereocenters. The number of para-hydroxylation sites is 1. The summed E-state index contributed by atoms with van der Waals surface area (Å²) in [7, 11) is 0. The van der Waals surface area contributed by atoms with Crippen LogP contribution in [0.5, 0.6) is 5.75 Å². The molecule has 2 aromatic heterocycles. The minimum atomic E-state index is -0.359. The van der Waals surface area contributed by atoms with E-state index >= 15 is 0 Å². The van der Waals surface area contributed by atoms with E-state index in [-0.39, 0.29) is 17.5 Å². The van der Waals surface area contributed by atoms with Crippen molar-refractivity contribution in [2.45, 2.75) is 19.9 Å². The highest BCUT2D eigenvalue weighted by Crippen LogP contribution is 2.27. The van der Waals surface area contributed by atoms with E-state index in [4.69, 9.17) is 0 Å². The number of hydrogen-bond donors (Lipinski definition) is 4. The second-order valence-electron chi connectivity index (χ2n) is 5.16. The SMILES string of the molecule is Cc1cc(N[C@@H](C)c2n[nH]c(=O)[nH]2)nc(-c2ccccc2O)n1. The number of aromatic hydroxyl groups is 1. The Hall–Kier alpha value is -3.16. The normalized spacial score (nSPS) is 12.1. The summed E-state index contributed by atoms with van der Waals surface area (Å²) in [6.07, 6.45) is 0. The van der Waals surface area contributed by atoms with Gasteiger partial charge in [0.05, 0.1) is 11.6 Å². The molecule has 2 heterocycles. The van der Waals surface area contributed by atoms with Crippen LogP contribution in [-0.2, 0) is 0 Å². The molecule has 0 aliphatic heterocycles. The smallest absolute Gasteiger partial charge is 0.340 e. The van der Waals surface area contributed by atoms with E-state index in [0.717, 1.165) is 5.69 Å². The van der Waals surface area contributed by atoms with Gasteiger partial charge >= 0.3 is 5.69 Å². The number of benzene rings is 1.